The van der Waals surface area contributed by atoms with E-state index in [0.717, 1.165) is 7.14 Å². The zero-order valence-electron chi connectivity index (χ0n) is 10.9. The molecule has 0 aromatic heterocycles. The summed E-state index contributed by atoms with van der Waals surface area (Å²) in [5, 5.41) is -4.95. The van der Waals surface area contributed by atoms with Crippen LogP contribution in [0.1, 0.15) is 16.8 Å². The molecule has 1 atom stereocenters. The number of ether oxygens (including phenoxy) is 1. The largest absolute Gasteiger partial charge is 0.462 e. The Morgan fingerprint density at radius 1 is 1.30 bits per heavy atom. The molecular weight excluding hydrogens is 682 g/mol. The number of benzene rings is 1. The van der Waals surface area contributed by atoms with Gasteiger partial charge in [-0.15, -0.1) is 0 Å². The molecule has 0 fully saturated rings. The fraction of sp³-hybridized carbons (Fsp3) is 0.364. The van der Waals surface area contributed by atoms with Gasteiger partial charge in [-0.1, -0.05) is 0 Å². The molecule has 0 bridgehead atoms. The van der Waals surface area contributed by atoms with Crippen LogP contribution in [0.4, 0.5) is 13.2 Å². The van der Waals surface area contributed by atoms with Crippen molar-refractivity contribution in [2.45, 2.75) is 17.8 Å². The molecule has 1 aromatic rings. The van der Waals surface area contributed by atoms with Crippen molar-refractivity contribution in [1.82, 2.24) is 0 Å². The van der Waals surface area contributed by atoms with Gasteiger partial charge in [-0.3, -0.25) is 4.55 Å². The highest BCUT2D eigenvalue weighted by Gasteiger charge is 2.52. The van der Waals surface area contributed by atoms with Gasteiger partial charge in [-0.25, -0.2) is 9.18 Å². The Hall–Kier alpha value is 0.580. The van der Waals surface area contributed by atoms with Gasteiger partial charge in [0.05, 0.1) is 12.2 Å². The second kappa shape index (κ2) is 8.31. The van der Waals surface area contributed by atoms with Gasteiger partial charge in [-0.2, -0.15) is 17.2 Å². The number of hydrogen-bond donors (Lipinski definition) is 1. The Labute approximate surface area is 170 Å². The van der Waals surface area contributed by atoms with Gasteiger partial charge in [0.1, 0.15) is 0 Å². The van der Waals surface area contributed by atoms with Crippen LogP contribution in [0.3, 0.4) is 0 Å². The molecule has 1 N–H and O–H groups in total. The van der Waals surface area contributed by atoms with Gasteiger partial charge < -0.3 is 4.74 Å². The summed E-state index contributed by atoms with van der Waals surface area (Å²) in [5.41, 5.74) is 0.193. The van der Waals surface area contributed by atoms with Crippen molar-refractivity contribution in [3.63, 3.8) is 0 Å². The SMILES string of the molecule is O=C(OCCC(F)C(F)(F)S(=O)(=O)O)c1cc(I)cc(I)c1I. The van der Waals surface area contributed by atoms with E-state index >= 15 is 0 Å². The average Bonchev–Trinajstić information content (AvgIpc) is 2.41. The molecular formula is C11H8F3I3O5S. The molecule has 1 unspecified atom stereocenters. The molecule has 12 heteroatoms. The van der Waals surface area contributed by atoms with Gasteiger partial charge >= 0.3 is 21.3 Å². The summed E-state index contributed by atoms with van der Waals surface area (Å²) in [6, 6.07) is 3.33. The fourth-order valence-corrected chi connectivity index (χ4v) is 4.18. The minimum Gasteiger partial charge on any atom is -0.462 e. The predicted octanol–water partition coefficient (Wildman–Crippen LogP) is 3.87. The van der Waals surface area contributed by atoms with E-state index < -0.39 is 40.5 Å². The van der Waals surface area contributed by atoms with Gasteiger partial charge in [0, 0.05) is 17.1 Å². The summed E-state index contributed by atoms with van der Waals surface area (Å²) in [4.78, 5) is 11.9. The quantitative estimate of drug-likeness (QED) is 0.213. The molecule has 1 rings (SSSR count). The second-order valence-corrected chi connectivity index (χ2v) is 9.16. The summed E-state index contributed by atoms with van der Waals surface area (Å²) >= 11 is 5.89. The van der Waals surface area contributed by atoms with Crippen LogP contribution < -0.4 is 0 Å². The Bertz CT molecular complexity index is 711. The predicted molar refractivity (Wildman–Crippen MR) is 101 cm³/mol. The zero-order chi connectivity index (χ0) is 18.0. The smallest absolute Gasteiger partial charge is 0.400 e. The van der Waals surface area contributed by atoms with E-state index in [-0.39, 0.29) is 5.56 Å². The molecule has 23 heavy (non-hydrogen) atoms. The first-order valence-corrected chi connectivity index (χ1v) is 10.4. The van der Waals surface area contributed by atoms with E-state index in [9.17, 15) is 26.4 Å². The maximum Gasteiger partial charge on any atom is 0.400 e. The molecule has 0 aliphatic rings. The number of carbonyl (C=O) groups excluding carboxylic acids is 1. The lowest BCUT2D eigenvalue weighted by molar-refractivity contribution is -0.0163. The number of esters is 1. The highest BCUT2D eigenvalue weighted by molar-refractivity contribution is 14.1. The normalized spacial score (nSPS) is 13.7. The Morgan fingerprint density at radius 2 is 1.87 bits per heavy atom. The monoisotopic (exact) mass is 690 g/mol. The van der Waals surface area contributed by atoms with Crippen molar-refractivity contribution in [2.75, 3.05) is 6.61 Å². The lowest BCUT2D eigenvalue weighted by atomic mass is 10.2. The summed E-state index contributed by atoms with van der Waals surface area (Å²) in [6.07, 6.45) is -4.27. The van der Waals surface area contributed by atoms with Crippen molar-refractivity contribution >= 4 is 83.9 Å². The number of rotatable bonds is 6. The van der Waals surface area contributed by atoms with Crippen molar-refractivity contribution in [2.24, 2.45) is 0 Å². The molecule has 0 aliphatic heterocycles. The van der Waals surface area contributed by atoms with E-state index in [1.165, 1.54) is 6.07 Å². The van der Waals surface area contributed by atoms with Crippen LogP contribution in [-0.4, -0.2) is 37.0 Å². The van der Waals surface area contributed by atoms with Crippen LogP contribution in [0.5, 0.6) is 0 Å². The van der Waals surface area contributed by atoms with Gasteiger partial charge in [0.2, 0.25) is 0 Å². The second-order valence-electron chi connectivity index (χ2n) is 4.18. The highest BCUT2D eigenvalue weighted by atomic mass is 127. The first-order chi connectivity index (χ1) is 10.4. The van der Waals surface area contributed by atoms with E-state index in [2.05, 4.69) is 0 Å². The van der Waals surface area contributed by atoms with Crippen LogP contribution in [0.2, 0.25) is 0 Å². The summed E-state index contributed by atoms with van der Waals surface area (Å²) in [7, 11) is -5.87. The Morgan fingerprint density at radius 3 is 2.39 bits per heavy atom. The Kier molecular flexibility index (Phi) is 7.81. The molecule has 0 saturated carbocycles. The van der Waals surface area contributed by atoms with E-state index in [1.54, 1.807) is 0 Å². The molecule has 0 amide bonds. The lowest BCUT2D eigenvalue weighted by Crippen LogP contribution is -2.39. The minimum atomic E-state index is -5.87. The standard InChI is InChI=1S/C11H8F3I3O5S/c12-8(11(13,14)23(19,20)21)1-2-22-10(18)6-3-5(15)4-7(16)9(6)17/h3-4,8H,1-2H2,(H,19,20,21). The average molecular weight is 690 g/mol. The molecule has 5 nitrogen and oxygen atoms in total. The summed E-state index contributed by atoms with van der Waals surface area (Å²) in [6.45, 7) is -0.761. The van der Waals surface area contributed by atoms with E-state index in [4.69, 9.17) is 9.29 Å². The Balaban J connectivity index is 2.72. The molecule has 130 valence electrons. The third kappa shape index (κ3) is 5.53. The third-order valence-corrected chi connectivity index (χ3v) is 7.14. The van der Waals surface area contributed by atoms with Crippen LogP contribution in [0.25, 0.3) is 0 Å². The minimum absolute atomic E-state index is 0.193. The van der Waals surface area contributed by atoms with Gasteiger partial charge in [0.15, 0.2) is 6.17 Å². The zero-order valence-corrected chi connectivity index (χ0v) is 18.2. The molecule has 0 spiro atoms. The topological polar surface area (TPSA) is 80.7 Å². The van der Waals surface area contributed by atoms with Crippen molar-refractivity contribution in [3.05, 3.63) is 28.4 Å². The van der Waals surface area contributed by atoms with Gasteiger partial charge in [0.25, 0.3) is 0 Å². The maximum atomic E-state index is 13.3. The number of hydrogen-bond acceptors (Lipinski definition) is 4. The van der Waals surface area contributed by atoms with Crippen molar-refractivity contribution < 1.29 is 35.7 Å². The summed E-state index contributed by atoms with van der Waals surface area (Å²) in [5.74, 6) is -0.840. The van der Waals surface area contributed by atoms with E-state index in [1.807, 2.05) is 73.8 Å². The van der Waals surface area contributed by atoms with Gasteiger partial charge in [-0.05, 0) is 79.9 Å². The van der Waals surface area contributed by atoms with Crippen LogP contribution in [0.15, 0.2) is 12.1 Å². The molecule has 0 aliphatic carbocycles. The summed E-state index contributed by atoms with van der Waals surface area (Å²) < 4.78 is 75.1. The molecule has 0 heterocycles. The molecule has 1 aromatic carbocycles. The van der Waals surface area contributed by atoms with Crippen LogP contribution >= 0.6 is 67.8 Å². The van der Waals surface area contributed by atoms with Crippen molar-refractivity contribution in [1.29, 1.82) is 0 Å². The third-order valence-electron chi connectivity index (χ3n) is 2.53. The van der Waals surface area contributed by atoms with Crippen molar-refractivity contribution in [3.8, 4) is 0 Å². The lowest BCUT2D eigenvalue weighted by Gasteiger charge is -2.17. The molecule has 0 saturated heterocycles. The van der Waals surface area contributed by atoms with E-state index in [0.29, 0.717) is 3.57 Å². The number of alkyl halides is 3. The maximum absolute atomic E-state index is 13.3. The molecule has 0 radical (unpaired) electrons. The first kappa shape index (κ1) is 21.6. The highest BCUT2D eigenvalue weighted by Crippen LogP contribution is 2.29. The first-order valence-electron chi connectivity index (χ1n) is 5.68. The number of carbonyl (C=O) groups is 1. The fourth-order valence-electron chi connectivity index (χ4n) is 1.37. The van der Waals surface area contributed by atoms with Crippen LogP contribution in [0, 0.1) is 10.7 Å². The number of halogens is 6. The van der Waals surface area contributed by atoms with Crippen LogP contribution in [-0.2, 0) is 14.9 Å².